The predicted molar refractivity (Wildman–Crippen MR) is 87.7 cm³/mol. The Bertz CT molecular complexity index is 897. The van der Waals surface area contributed by atoms with E-state index in [-0.39, 0.29) is 11.9 Å². The normalized spacial score (nSPS) is 18.2. The minimum atomic E-state index is 0.00692. The summed E-state index contributed by atoms with van der Waals surface area (Å²) in [7, 11) is 0. The van der Waals surface area contributed by atoms with Crippen LogP contribution in [0.5, 0.6) is 0 Å². The second kappa shape index (κ2) is 5.74. The van der Waals surface area contributed by atoms with Crippen LogP contribution in [0.25, 0.3) is 11.1 Å². The average Bonchev–Trinajstić information content (AvgIpc) is 3.20. The number of nitrogens with zero attached hydrogens (tertiary/aromatic N) is 5. The van der Waals surface area contributed by atoms with Crippen molar-refractivity contribution in [3.63, 3.8) is 0 Å². The van der Waals surface area contributed by atoms with E-state index in [2.05, 4.69) is 19.7 Å². The quantitative estimate of drug-likeness (QED) is 0.723. The average molecular weight is 325 g/mol. The van der Waals surface area contributed by atoms with Crippen LogP contribution in [0.4, 0.5) is 0 Å². The Morgan fingerprint density at radius 3 is 3.00 bits per heavy atom. The summed E-state index contributed by atoms with van der Waals surface area (Å²) in [5, 5.41) is 4.68. The van der Waals surface area contributed by atoms with Crippen molar-refractivity contribution in [1.82, 2.24) is 24.6 Å². The van der Waals surface area contributed by atoms with Gasteiger partial charge in [0.25, 0.3) is 11.6 Å². The van der Waals surface area contributed by atoms with Crippen LogP contribution in [0.1, 0.15) is 40.8 Å². The van der Waals surface area contributed by atoms with Crippen LogP contribution in [0.3, 0.4) is 0 Å². The lowest BCUT2D eigenvalue weighted by molar-refractivity contribution is 0.0678. The fourth-order valence-electron chi connectivity index (χ4n) is 3.38. The number of amides is 1. The standard InChI is InChI=1S/C17H19N5O2/c1-11-15-8-13(9-19-16(15)24-20-11)17(23)21-6-3-4-14(10-21)22-7-5-18-12(22)2/h5,7-9,14H,3-4,6,10H2,1-2H3/t14-/m0/s1. The molecular formula is C17H19N5O2. The second-order valence-corrected chi connectivity index (χ2v) is 6.27. The Balaban J connectivity index is 1.58. The number of carbonyl (C=O) groups is 1. The zero-order valence-electron chi connectivity index (χ0n) is 13.8. The molecule has 1 aliphatic rings. The largest absolute Gasteiger partial charge is 0.337 e. The fourth-order valence-corrected chi connectivity index (χ4v) is 3.38. The molecule has 7 nitrogen and oxygen atoms in total. The summed E-state index contributed by atoms with van der Waals surface area (Å²) in [6, 6.07) is 2.10. The molecule has 0 saturated carbocycles. The summed E-state index contributed by atoms with van der Waals surface area (Å²) in [5.41, 5.74) is 1.80. The highest BCUT2D eigenvalue weighted by Crippen LogP contribution is 2.25. The first-order chi connectivity index (χ1) is 11.6. The van der Waals surface area contributed by atoms with E-state index in [1.54, 1.807) is 6.20 Å². The van der Waals surface area contributed by atoms with Crippen LogP contribution in [-0.2, 0) is 0 Å². The minimum Gasteiger partial charge on any atom is -0.337 e. The summed E-state index contributed by atoms with van der Waals surface area (Å²) < 4.78 is 7.27. The summed E-state index contributed by atoms with van der Waals surface area (Å²) in [6.07, 6.45) is 7.41. The minimum absolute atomic E-state index is 0.00692. The van der Waals surface area contributed by atoms with Gasteiger partial charge >= 0.3 is 0 Å². The number of fused-ring (bicyclic) bond motifs is 1. The molecule has 3 aromatic rings. The summed E-state index contributed by atoms with van der Waals surface area (Å²) in [6.45, 7) is 5.30. The molecule has 24 heavy (non-hydrogen) atoms. The third-order valence-electron chi connectivity index (χ3n) is 4.70. The molecule has 0 unspecified atom stereocenters. The van der Waals surface area contributed by atoms with Gasteiger partial charge in [0.1, 0.15) is 5.82 Å². The van der Waals surface area contributed by atoms with Crippen LogP contribution >= 0.6 is 0 Å². The molecule has 1 amide bonds. The SMILES string of the molecule is Cc1noc2ncc(C(=O)N3CCC[C@H](n4ccnc4C)C3)cc12. The molecule has 1 atom stereocenters. The molecule has 7 heteroatoms. The van der Waals surface area contributed by atoms with E-state index in [1.165, 1.54) is 0 Å². The number of piperidine rings is 1. The fraction of sp³-hybridized carbons (Fsp3) is 0.412. The second-order valence-electron chi connectivity index (χ2n) is 6.27. The maximum atomic E-state index is 12.9. The molecule has 1 fully saturated rings. The third-order valence-corrected chi connectivity index (χ3v) is 4.70. The molecule has 0 radical (unpaired) electrons. The van der Waals surface area contributed by atoms with E-state index in [0.29, 0.717) is 17.8 Å². The number of pyridine rings is 1. The summed E-state index contributed by atoms with van der Waals surface area (Å²) in [5.74, 6) is 0.991. The number of aryl methyl sites for hydroxylation is 2. The van der Waals surface area contributed by atoms with E-state index in [4.69, 9.17) is 4.52 Å². The molecule has 1 aliphatic heterocycles. The van der Waals surface area contributed by atoms with Gasteiger partial charge in [-0.3, -0.25) is 4.79 Å². The van der Waals surface area contributed by atoms with Gasteiger partial charge in [0.15, 0.2) is 0 Å². The maximum Gasteiger partial charge on any atom is 0.257 e. The highest BCUT2D eigenvalue weighted by molar-refractivity contribution is 5.97. The first-order valence-corrected chi connectivity index (χ1v) is 8.14. The Hall–Kier alpha value is -2.70. The summed E-state index contributed by atoms with van der Waals surface area (Å²) >= 11 is 0. The molecule has 0 aliphatic carbocycles. The first-order valence-electron chi connectivity index (χ1n) is 8.14. The number of rotatable bonds is 2. The van der Waals surface area contributed by atoms with Crippen molar-refractivity contribution >= 4 is 17.0 Å². The number of likely N-dealkylation sites (tertiary alicyclic amines) is 1. The lowest BCUT2D eigenvalue weighted by atomic mass is 10.0. The van der Waals surface area contributed by atoms with Gasteiger partial charge in [0.05, 0.1) is 22.7 Å². The zero-order chi connectivity index (χ0) is 16.7. The van der Waals surface area contributed by atoms with Crippen molar-refractivity contribution in [2.75, 3.05) is 13.1 Å². The zero-order valence-corrected chi connectivity index (χ0v) is 13.8. The topological polar surface area (TPSA) is 77.0 Å². The van der Waals surface area contributed by atoms with Crippen LogP contribution < -0.4 is 0 Å². The molecule has 0 spiro atoms. The van der Waals surface area contributed by atoms with Crippen LogP contribution in [0.15, 0.2) is 29.2 Å². The van der Waals surface area contributed by atoms with Crippen LogP contribution in [0.2, 0.25) is 0 Å². The molecule has 0 N–H and O–H groups in total. The van der Waals surface area contributed by atoms with Gasteiger partial charge in [-0.25, -0.2) is 9.97 Å². The van der Waals surface area contributed by atoms with Gasteiger partial charge < -0.3 is 14.0 Å². The van der Waals surface area contributed by atoms with E-state index in [9.17, 15) is 4.79 Å². The Morgan fingerprint density at radius 2 is 2.21 bits per heavy atom. The van der Waals surface area contributed by atoms with Gasteiger partial charge in [-0.1, -0.05) is 5.16 Å². The van der Waals surface area contributed by atoms with Gasteiger partial charge in [0, 0.05) is 31.7 Å². The lowest BCUT2D eigenvalue weighted by Crippen LogP contribution is -2.40. The van der Waals surface area contributed by atoms with Gasteiger partial charge in [-0.2, -0.15) is 0 Å². The number of aromatic nitrogens is 4. The molecule has 0 bridgehead atoms. The first kappa shape index (κ1) is 14.9. The number of hydrogen-bond donors (Lipinski definition) is 0. The molecular weight excluding hydrogens is 306 g/mol. The molecule has 3 aromatic heterocycles. The Kier molecular flexibility index (Phi) is 3.55. The van der Waals surface area contributed by atoms with Crippen molar-refractivity contribution in [2.45, 2.75) is 32.7 Å². The Labute approximate surface area is 139 Å². The van der Waals surface area contributed by atoms with Gasteiger partial charge in [-0.15, -0.1) is 0 Å². The molecule has 4 heterocycles. The molecule has 124 valence electrons. The number of carbonyl (C=O) groups excluding carboxylic acids is 1. The summed E-state index contributed by atoms with van der Waals surface area (Å²) in [4.78, 5) is 23.3. The predicted octanol–water partition coefficient (Wildman–Crippen LogP) is 2.51. The van der Waals surface area contributed by atoms with Crippen LogP contribution in [-0.4, -0.2) is 43.6 Å². The smallest absolute Gasteiger partial charge is 0.257 e. The monoisotopic (exact) mass is 325 g/mol. The lowest BCUT2D eigenvalue weighted by Gasteiger charge is -2.34. The number of hydrogen-bond acceptors (Lipinski definition) is 5. The van der Waals surface area contributed by atoms with E-state index in [0.717, 1.165) is 36.3 Å². The van der Waals surface area contributed by atoms with Crippen molar-refractivity contribution in [3.05, 3.63) is 41.7 Å². The van der Waals surface area contributed by atoms with Crippen molar-refractivity contribution in [1.29, 1.82) is 0 Å². The van der Waals surface area contributed by atoms with Crippen LogP contribution in [0, 0.1) is 13.8 Å². The van der Waals surface area contributed by atoms with Crippen molar-refractivity contribution in [3.8, 4) is 0 Å². The van der Waals surface area contributed by atoms with E-state index >= 15 is 0 Å². The van der Waals surface area contributed by atoms with Gasteiger partial charge in [0.2, 0.25) is 0 Å². The highest BCUT2D eigenvalue weighted by Gasteiger charge is 2.26. The molecule has 0 aromatic carbocycles. The van der Waals surface area contributed by atoms with Crippen molar-refractivity contribution in [2.24, 2.45) is 0 Å². The highest BCUT2D eigenvalue weighted by atomic mass is 16.5. The number of imidazole rings is 1. The molecule has 1 saturated heterocycles. The van der Waals surface area contributed by atoms with E-state index in [1.807, 2.05) is 37.2 Å². The third kappa shape index (κ3) is 2.46. The van der Waals surface area contributed by atoms with Gasteiger partial charge in [-0.05, 0) is 32.8 Å². The van der Waals surface area contributed by atoms with E-state index < -0.39 is 0 Å². The Morgan fingerprint density at radius 1 is 1.33 bits per heavy atom. The van der Waals surface area contributed by atoms with Crippen molar-refractivity contribution < 1.29 is 9.32 Å². The maximum absolute atomic E-state index is 12.9. The molecule has 4 rings (SSSR count).